The summed E-state index contributed by atoms with van der Waals surface area (Å²) in [5.74, 6) is -0.823. The molecule has 18 heavy (non-hydrogen) atoms. The number of nitrogens with zero attached hydrogens (tertiary/aromatic N) is 1. The van der Waals surface area contributed by atoms with Crippen molar-refractivity contribution in [2.45, 2.75) is 26.4 Å². The van der Waals surface area contributed by atoms with E-state index in [0.717, 1.165) is 22.8 Å². The van der Waals surface area contributed by atoms with E-state index in [0.29, 0.717) is 5.56 Å². The van der Waals surface area contributed by atoms with Gasteiger partial charge in [0.2, 0.25) is 0 Å². The predicted molar refractivity (Wildman–Crippen MR) is 68.5 cm³/mol. The molecule has 0 bridgehead atoms. The molecule has 0 saturated heterocycles. The van der Waals surface area contributed by atoms with Gasteiger partial charge in [-0.15, -0.1) is 11.3 Å². The topological polar surface area (TPSA) is 24.9 Å². The van der Waals surface area contributed by atoms with Crippen LogP contribution < -0.4 is 5.32 Å². The molecule has 0 saturated carbocycles. The van der Waals surface area contributed by atoms with Crippen LogP contribution in [0.2, 0.25) is 0 Å². The molecule has 5 heteroatoms. The number of nitrogens with one attached hydrogen (secondary N) is 1. The van der Waals surface area contributed by atoms with Crippen LogP contribution in [-0.2, 0) is 6.54 Å². The Morgan fingerprint density at radius 3 is 2.83 bits per heavy atom. The highest BCUT2D eigenvalue weighted by atomic mass is 32.1. The van der Waals surface area contributed by atoms with Crippen molar-refractivity contribution in [2.75, 3.05) is 0 Å². The van der Waals surface area contributed by atoms with E-state index in [2.05, 4.69) is 10.3 Å². The van der Waals surface area contributed by atoms with Crippen LogP contribution in [0.4, 0.5) is 8.78 Å². The number of hydrogen-bond donors (Lipinski definition) is 1. The smallest absolute Gasteiger partial charge is 0.127 e. The van der Waals surface area contributed by atoms with Gasteiger partial charge in [0.1, 0.15) is 11.6 Å². The average Bonchev–Trinajstić information content (AvgIpc) is 2.77. The largest absolute Gasteiger partial charge is 0.305 e. The molecule has 1 N–H and O–H groups in total. The monoisotopic (exact) mass is 268 g/mol. The summed E-state index contributed by atoms with van der Waals surface area (Å²) in [6.45, 7) is 4.17. The number of hydrogen-bond acceptors (Lipinski definition) is 3. The van der Waals surface area contributed by atoms with E-state index < -0.39 is 11.6 Å². The van der Waals surface area contributed by atoms with E-state index in [1.165, 1.54) is 6.07 Å². The van der Waals surface area contributed by atoms with Crippen molar-refractivity contribution >= 4 is 11.3 Å². The van der Waals surface area contributed by atoms with E-state index in [9.17, 15) is 8.78 Å². The van der Waals surface area contributed by atoms with Gasteiger partial charge in [0.05, 0.1) is 10.7 Å². The first-order valence-electron chi connectivity index (χ1n) is 5.65. The molecule has 0 radical (unpaired) electrons. The minimum absolute atomic E-state index is 0.0117. The third kappa shape index (κ3) is 3.11. The van der Waals surface area contributed by atoms with Gasteiger partial charge in [-0.25, -0.2) is 13.8 Å². The Bertz CT molecular complexity index is 540. The first-order valence-corrected chi connectivity index (χ1v) is 6.53. The molecule has 1 aromatic heterocycles. The molecule has 0 aliphatic heterocycles. The fourth-order valence-corrected chi connectivity index (χ4v) is 2.33. The van der Waals surface area contributed by atoms with Crippen LogP contribution in [-0.4, -0.2) is 4.98 Å². The summed E-state index contributed by atoms with van der Waals surface area (Å²) in [7, 11) is 0. The quantitative estimate of drug-likeness (QED) is 0.916. The van der Waals surface area contributed by atoms with Crippen LogP contribution in [0.15, 0.2) is 23.6 Å². The van der Waals surface area contributed by atoms with Gasteiger partial charge >= 0.3 is 0 Å². The van der Waals surface area contributed by atoms with Gasteiger partial charge in [-0.3, -0.25) is 0 Å². The van der Waals surface area contributed by atoms with E-state index in [4.69, 9.17) is 0 Å². The van der Waals surface area contributed by atoms with E-state index >= 15 is 0 Å². The Hall–Kier alpha value is -1.33. The van der Waals surface area contributed by atoms with E-state index in [-0.39, 0.29) is 12.6 Å². The summed E-state index contributed by atoms with van der Waals surface area (Å²) in [5, 5.41) is 6.10. The molecule has 96 valence electrons. The third-order valence-electron chi connectivity index (χ3n) is 2.69. The minimum atomic E-state index is -0.426. The molecule has 2 aromatic rings. The third-order valence-corrected chi connectivity index (χ3v) is 3.48. The summed E-state index contributed by atoms with van der Waals surface area (Å²) in [4.78, 5) is 4.35. The molecule has 1 unspecified atom stereocenters. The zero-order valence-corrected chi connectivity index (χ0v) is 11.0. The number of thiazole rings is 1. The SMILES string of the molecule is Cc1nc(C(C)NCc2cc(F)ccc2F)cs1. The summed E-state index contributed by atoms with van der Waals surface area (Å²) >= 11 is 1.57. The van der Waals surface area contributed by atoms with Crippen molar-refractivity contribution in [3.63, 3.8) is 0 Å². The number of benzene rings is 1. The lowest BCUT2D eigenvalue weighted by atomic mass is 10.2. The molecule has 2 rings (SSSR count). The fourth-order valence-electron chi connectivity index (χ4n) is 1.63. The number of halogens is 2. The highest BCUT2D eigenvalue weighted by Gasteiger charge is 2.10. The van der Waals surface area contributed by atoms with Gasteiger partial charge < -0.3 is 5.32 Å². The maximum atomic E-state index is 13.4. The first kappa shape index (κ1) is 13.1. The molecule has 0 amide bonds. The minimum Gasteiger partial charge on any atom is -0.305 e. The van der Waals surface area contributed by atoms with Crippen LogP contribution in [0.1, 0.15) is 29.2 Å². The molecule has 1 atom stereocenters. The van der Waals surface area contributed by atoms with Crippen LogP contribution >= 0.6 is 11.3 Å². The van der Waals surface area contributed by atoms with Crippen molar-refractivity contribution in [1.29, 1.82) is 0 Å². The van der Waals surface area contributed by atoms with Gasteiger partial charge in [0.15, 0.2) is 0 Å². The lowest BCUT2D eigenvalue weighted by molar-refractivity contribution is 0.530. The molecule has 0 spiro atoms. The second-order valence-electron chi connectivity index (χ2n) is 4.13. The summed E-state index contributed by atoms with van der Waals surface area (Å²) in [5.41, 5.74) is 1.25. The number of aryl methyl sites for hydroxylation is 1. The van der Waals surface area contributed by atoms with Gasteiger partial charge in [-0.1, -0.05) is 0 Å². The van der Waals surface area contributed by atoms with Crippen molar-refractivity contribution in [3.8, 4) is 0 Å². The molecular weight excluding hydrogens is 254 g/mol. The second kappa shape index (κ2) is 5.54. The van der Waals surface area contributed by atoms with Crippen molar-refractivity contribution < 1.29 is 8.78 Å². The first-order chi connectivity index (χ1) is 8.56. The zero-order chi connectivity index (χ0) is 13.1. The average molecular weight is 268 g/mol. The molecule has 0 aliphatic carbocycles. The maximum absolute atomic E-state index is 13.4. The van der Waals surface area contributed by atoms with Crippen LogP contribution in [0.5, 0.6) is 0 Å². The van der Waals surface area contributed by atoms with Gasteiger partial charge in [-0.05, 0) is 32.0 Å². The highest BCUT2D eigenvalue weighted by molar-refractivity contribution is 7.09. The Balaban J connectivity index is 2.01. The Morgan fingerprint density at radius 1 is 1.39 bits per heavy atom. The van der Waals surface area contributed by atoms with Crippen LogP contribution in [0, 0.1) is 18.6 Å². The van der Waals surface area contributed by atoms with Crippen molar-refractivity contribution in [2.24, 2.45) is 0 Å². The van der Waals surface area contributed by atoms with Gasteiger partial charge in [0, 0.05) is 23.5 Å². The van der Waals surface area contributed by atoms with Gasteiger partial charge in [0.25, 0.3) is 0 Å². The molecule has 1 aromatic carbocycles. The summed E-state index contributed by atoms with van der Waals surface area (Å²) in [6.07, 6.45) is 0. The van der Waals surface area contributed by atoms with E-state index in [1.54, 1.807) is 11.3 Å². The van der Waals surface area contributed by atoms with Crippen LogP contribution in [0.3, 0.4) is 0 Å². The molecule has 2 nitrogen and oxygen atoms in total. The Morgan fingerprint density at radius 2 is 2.17 bits per heavy atom. The summed E-state index contributed by atoms with van der Waals surface area (Å²) in [6, 6.07) is 3.48. The van der Waals surface area contributed by atoms with Crippen molar-refractivity contribution in [1.82, 2.24) is 10.3 Å². The Labute approximate surface area is 109 Å². The van der Waals surface area contributed by atoms with Crippen molar-refractivity contribution in [3.05, 3.63) is 51.5 Å². The molecule has 1 heterocycles. The molecule has 0 fully saturated rings. The lowest BCUT2D eigenvalue weighted by Gasteiger charge is -2.12. The lowest BCUT2D eigenvalue weighted by Crippen LogP contribution is -2.19. The second-order valence-corrected chi connectivity index (χ2v) is 5.19. The van der Waals surface area contributed by atoms with Gasteiger partial charge in [-0.2, -0.15) is 0 Å². The Kier molecular flexibility index (Phi) is 4.04. The summed E-state index contributed by atoms with van der Waals surface area (Å²) < 4.78 is 26.4. The molecule has 0 aliphatic rings. The molecular formula is C13H14F2N2S. The maximum Gasteiger partial charge on any atom is 0.127 e. The zero-order valence-electron chi connectivity index (χ0n) is 10.2. The standard InChI is InChI=1S/C13H14F2N2S/c1-8(13-7-18-9(2)17-13)16-6-10-5-11(14)3-4-12(10)15/h3-5,7-8,16H,6H2,1-2H3. The van der Waals surface area contributed by atoms with Crippen LogP contribution in [0.25, 0.3) is 0 Å². The highest BCUT2D eigenvalue weighted by Crippen LogP contribution is 2.17. The normalized spacial score (nSPS) is 12.7. The number of rotatable bonds is 4. The predicted octanol–water partition coefficient (Wildman–Crippen LogP) is 3.58. The fraction of sp³-hybridized carbons (Fsp3) is 0.308. The number of aromatic nitrogens is 1. The van der Waals surface area contributed by atoms with E-state index in [1.807, 2.05) is 19.2 Å².